The van der Waals surface area contributed by atoms with Gasteiger partial charge >= 0.3 is 0 Å². The van der Waals surface area contributed by atoms with Gasteiger partial charge in [-0.25, -0.2) is 0 Å². The number of fused-ring (bicyclic) bond motifs is 4. The van der Waals surface area contributed by atoms with Gasteiger partial charge in [0.05, 0.1) is 6.54 Å². The third-order valence-corrected chi connectivity index (χ3v) is 7.85. The predicted molar refractivity (Wildman–Crippen MR) is 151 cm³/mol. The lowest BCUT2D eigenvalue weighted by atomic mass is 9.78. The number of H-pyrrole nitrogens is 1. The van der Waals surface area contributed by atoms with Crippen LogP contribution in [0.3, 0.4) is 0 Å². The zero-order valence-electron chi connectivity index (χ0n) is 23.4. The molecule has 0 bridgehead atoms. The molecule has 41 heavy (non-hydrogen) atoms. The molecule has 2 aromatic carbocycles. The number of nitrogens with two attached hydrogens (primary N) is 1. The highest BCUT2D eigenvalue weighted by Gasteiger charge is 2.45. The van der Waals surface area contributed by atoms with Crippen molar-refractivity contribution in [1.29, 1.82) is 0 Å². The molecule has 2 atom stereocenters. The van der Waals surface area contributed by atoms with Gasteiger partial charge in [0.15, 0.2) is 11.5 Å². The lowest BCUT2D eigenvalue weighted by molar-refractivity contribution is -0.139. The first-order valence-electron chi connectivity index (χ1n) is 13.7. The van der Waals surface area contributed by atoms with Crippen molar-refractivity contribution in [2.45, 2.75) is 58.2 Å². The zero-order valence-corrected chi connectivity index (χ0v) is 23.4. The van der Waals surface area contributed by atoms with Crippen LogP contribution in [0.4, 0.5) is 0 Å². The van der Waals surface area contributed by atoms with E-state index in [1.807, 2.05) is 30.3 Å². The molecule has 0 spiro atoms. The first kappa shape index (κ1) is 28.0. The van der Waals surface area contributed by atoms with E-state index in [0.717, 1.165) is 27.7 Å². The maximum Gasteiger partial charge on any atom is 0.246 e. The summed E-state index contributed by atoms with van der Waals surface area (Å²) >= 11 is 0. The summed E-state index contributed by atoms with van der Waals surface area (Å²) in [6, 6.07) is 12.3. The van der Waals surface area contributed by atoms with Gasteiger partial charge in [-0.2, -0.15) is 0 Å². The van der Waals surface area contributed by atoms with Gasteiger partial charge < -0.3 is 35.7 Å². The fourth-order valence-electron chi connectivity index (χ4n) is 5.62. The highest BCUT2D eigenvalue weighted by molar-refractivity contribution is 5.97. The van der Waals surface area contributed by atoms with E-state index < -0.39 is 29.3 Å². The average molecular weight is 562 g/mol. The lowest BCUT2D eigenvalue weighted by Crippen LogP contribution is -2.65. The fraction of sp³-hybridized carbons (Fsp3) is 0.400. The Bertz CT molecular complexity index is 1510. The summed E-state index contributed by atoms with van der Waals surface area (Å²) in [7, 11) is 0. The molecule has 1 aliphatic carbocycles. The van der Waals surface area contributed by atoms with E-state index in [1.54, 1.807) is 26.0 Å². The molecule has 0 saturated heterocycles. The fourth-order valence-corrected chi connectivity index (χ4v) is 5.62. The molecular formula is C30H35N5O6. The minimum Gasteiger partial charge on any atom is -0.454 e. The number of nitrogens with one attached hydrogen (secondary N) is 3. The van der Waals surface area contributed by atoms with Crippen LogP contribution in [-0.4, -0.2) is 58.4 Å². The molecule has 216 valence electrons. The van der Waals surface area contributed by atoms with E-state index in [9.17, 15) is 19.2 Å². The standard InChI is InChI=1S/C30H35N5O6/c1-17(2)27(28(31)38)33-29(39)30(11-10-23-21(13-30)20-6-4-5-7-22(20)32-23)34-26(37)15-35(18(3)36)14-19-8-9-24-25(12-19)41-16-40-24/h4-9,12,17,27,32H,10-11,13-16H2,1-3H3,(H2,31,38)(H,33,39)(H,34,37)/t27-,30-/m0/s1. The highest BCUT2D eigenvalue weighted by atomic mass is 16.7. The molecule has 0 saturated carbocycles. The number of aromatic nitrogens is 1. The Morgan fingerprint density at radius 2 is 1.85 bits per heavy atom. The van der Waals surface area contributed by atoms with Crippen molar-refractivity contribution in [3.8, 4) is 11.5 Å². The van der Waals surface area contributed by atoms with Gasteiger partial charge in [-0.1, -0.05) is 38.1 Å². The summed E-state index contributed by atoms with van der Waals surface area (Å²) in [6.45, 7) is 5.02. The molecule has 5 rings (SSSR count). The van der Waals surface area contributed by atoms with Crippen molar-refractivity contribution in [3.63, 3.8) is 0 Å². The molecule has 2 heterocycles. The zero-order chi connectivity index (χ0) is 29.3. The van der Waals surface area contributed by atoms with Crippen LogP contribution < -0.4 is 25.8 Å². The number of hydrogen-bond donors (Lipinski definition) is 4. The first-order valence-corrected chi connectivity index (χ1v) is 13.7. The topological polar surface area (TPSA) is 156 Å². The number of benzene rings is 2. The van der Waals surface area contributed by atoms with Crippen molar-refractivity contribution in [2.75, 3.05) is 13.3 Å². The second-order valence-corrected chi connectivity index (χ2v) is 11.1. The maximum atomic E-state index is 13.9. The Morgan fingerprint density at radius 3 is 2.59 bits per heavy atom. The van der Waals surface area contributed by atoms with Gasteiger partial charge in [0.25, 0.3) is 0 Å². The number of para-hydroxylation sites is 1. The quantitative estimate of drug-likeness (QED) is 0.313. The number of ether oxygens (including phenoxy) is 2. The summed E-state index contributed by atoms with van der Waals surface area (Å²) in [5.41, 5.74) is 7.91. The largest absolute Gasteiger partial charge is 0.454 e. The third kappa shape index (κ3) is 5.70. The van der Waals surface area contributed by atoms with Crippen molar-refractivity contribution in [3.05, 3.63) is 59.3 Å². The van der Waals surface area contributed by atoms with E-state index in [2.05, 4.69) is 15.6 Å². The highest BCUT2D eigenvalue weighted by Crippen LogP contribution is 2.35. The van der Waals surface area contributed by atoms with Crippen LogP contribution in [0.15, 0.2) is 42.5 Å². The smallest absolute Gasteiger partial charge is 0.246 e. The molecule has 5 N–H and O–H groups in total. The number of hydrogen-bond acceptors (Lipinski definition) is 6. The predicted octanol–water partition coefficient (Wildman–Crippen LogP) is 1.92. The van der Waals surface area contributed by atoms with E-state index >= 15 is 0 Å². The van der Waals surface area contributed by atoms with Crippen molar-refractivity contribution >= 4 is 34.5 Å². The van der Waals surface area contributed by atoms with Crippen LogP contribution in [0.25, 0.3) is 10.9 Å². The van der Waals surface area contributed by atoms with Gasteiger partial charge in [0.1, 0.15) is 11.6 Å². The summed E-state index contributed by atoms with van der Waals surface area (Å²) in [6.07, 6.45) is 1.03. The lowest BCUT2D eigenvalue weighted by Gasteiger charge is -2.38. The Hall–Kier alpha value is -4.54. The van der Waals surface area contributed by atoms with Crippen LogP contribution in [0.2, 0.25) is 0 Å². The molecule has 1 aliphatic heterocycles. The summed E-state index contributed by atoms with van der Waals surface area (Å²) < 4.78 is 10.8. The molecule has 4 amide bonds. The molecular weight excluding hydrogens is 526 g/mol. The van der Waals surface area contributed by atoms with Gasteiger partial charge in [-0.15, -0.1) is 0 Å². The van der Waals surface area contributed by atoms with Gasteiger partial charge in [0.2, 0.25) is 30.4 Å². The van der Waals surface area contributed by atoms with E-state index in [-0.39, 0.29) is 38.1 Å². The van der Waals surface area contributed by atoms with Crippen LogP contribution in [0, 0.1) is 5.92 Å². The molecule has 0 fully saturated rings. The maximum absolute atomic E-state index is 13.9. The molecule has 1 aromatic heterocycles. The summed E-state index contributed by atoms with van der Waals surface area (Å²) in [4.78, 5) is 57.0. The van der Waals surface area contributed by atoms with Crippen molar-refractivity contribution < 1.29 is 28.7 Å². The number of amides is 4. The van der Waals surface area contributed by atoms with Gasteiger partial charge in [-0.3, -0.25) is 19.2 Å². The summed E-state index contributed by atoms with van der Waals surface area (Å²) in [5, 5.41) is 6.74. The molecule has 0 radical (unpaired) electrons. The second-order valence-electron chi connectivity index (χ2n) is 11.1. The normalized spacial score (nSPS) is 18.0. The number of aryl methyl sites for hydroxylation is 1. The van der Waals surface area contributed by atoms with Crippen LogP contribution in [0.1, 0.15) is 44.0 Å². The Morgan fingerprint density at radius 1 is 1.10 bits per heavy atom. The molecule has 2 aliphatic rings. The minimum absolute atomic E-state index is 0.132. The number of rotatable bonds is 9. The number of carbonyl (C=O) groups excluding carboxylic acids is 4. The number of primary amides is 1. The molecule has 11 heteroatoms. The van der Waals surface area contributed by atoms with Crippen LogP contribution >= 0.6 is 0 Å². The Kier molecular flexibility index (Phi) is 7.61. The third-order valence-electron chi connectivity index (χ3n) is 7.85. The second kappa shape index (κ2) is 11.1. The van der Waals surface area contributed by atoms with Crippen LogP contribution in [-0.2, 0) is 38.6 Å². The number of aromatic amines is 1. The van der Waals surface area contributed by atoms with E-state index in [4.69, 9.17) is 15.2 Å². The Balaban J connectivity index is 1.40. The molecule has 0 unspecified atom stereocenters. The molecule has 3 aromatic rings. The van der Waals surface area contributed by atoms with Gasteiger partial charge in [0, 0.05) is 36.5 Å². The molecule has 11 nitrogen and oxygen atoms in total. The summed E-state index contributed by atoms with van der Waals surface area (Å²) in [5.74, 6) is -0.955. The van der Waals surface area contributed by atoms with E-state index in [1.165, 1.54) is 11.8 Å². The SMILES string of the molecule is CC(=O)N(CC(=O)N[C@@]1(C(=O)N[C@H](C(N)=O)C(C)C)CCc2[nH]c3ccccc3c2C1)Cc1ccc2c(c1)OCO2. The van der Waals surface area contributed by atoms with Gasteiger partial charge in [-0.05, 0) is 48.1 Å². The first-order chi connectivity index (χ1) is 19.6. The van der Waals surface area contributed by atoms with Crippen molar-refractivity contribution in [1.82, 2.24) is 20.5 Å². The van der Waals surface area contributed by atoms with Crippen LogP contribution in [0.5, 0.6) is 11.5 Å². The number of carbonyl (C=O) groups is 4. The average Bonchev–Trinajstić information content (AvgIpc) is 3.54. The Labute approximate surface area is 237 Å². The van der Waals surface area contributed by atoms with E-state index in [0.29, 0.717) is 24.3 Å². The number of nitrogens with zero attached hydrogens (tertiary/aromatic N) is 1. The minimum atomic E-state index is -1.35. The van der Waals surface area contributed by atoms with Crippen molar-refractivity contribution in [2.24, 2.45) is 11.7 Å². The monoisotopic (exact) mass is 561 g/mol.